The molecule has 2 N–H and O–H groups in total. The van der Waals surface area contributed by atoms with Crippen LogP contribution in [0.25, 0.3) is 0 Å². The van der Waals surface area contributed by atoms with Crippen LogP contribution in [-0.4, -0.2) is 15.9 Å². The summed E-state index contributed by atoms with van der Waals surface area (Å²) in [7, 11) is 0. The summed E-state index contributed by atoms with van der Waals surface area (Å²) in [6, 6.07) is 19.4. The van der Waals surface area contributed by atoms with Crippen molar-refractivity contribution < 1.29 is 4.79 Å². The van der Waals surface area contributed by atoms with E-state index in [1.165, 1.54) is 0 Å². The normalized spacial score (nSPS) is 11.7. The summed E-state index contributed by atoms with van der Waals surface area (Å²) >= 11 is 0. The van der Waals surface area contributed by atoms with E-state index in [4.69, 9.17) is 0 Å². The van der Waals surface area contributed by atoms with Gasteiger partial charge in [0, 0.05) is 11.4 Å². The second-order valence-electron chi connectivity index (χ2n) is 6.32. The van der Waals surface area contributed by atoms with E-state index in [1.54, 1.807) is 6.07 Å². The molecule has 3 aromatic rings. The van der Waals surface area contributed by atoms with Crippen LogP contribution in [0.3, 0.4) is 0 Å². The molecule has 5 heteroatoms. The summed E-state index contributed by atoms with van der Waals surface area (Å²) in [6.45, 7) is 5.89. The lowest BCUT2D eigenvalue weighted by atomic mass is 10.1. The first kappa shape index (κ1) is 17.6. The molecule has 0 saturated carbocycles. The van der Waals surface area contributed by atoms with Crippen LogP contribution in [0.1, 0.15) is 40.3 Å². The number of anilines is 2. The molecule has 1 atom stereocenters. The average molecular weight is 346 g/mol. The Bertz CT molecular complexity index is 892. The van der Waals surface area contributed by atoms with Gasteiger partial charge in [0.15, 0.2) is 0 Å². The highest BCUT2D eigenvalue weighted by Crippen LogP contribution is 2.17. The van der Waals surface area contributed by atoms with Crippen molar-refractivity contribution in [2.45, 2.75) is 26.8 Å². The van der Waals surface area contributed by atoms with Gasteiger partial charge in [0.1, 0.15) is 5.69 Å². The molecule has 0 bridgehead atoms. The van der Waals surface area contributed by atoms with E-state index in [0.29, 0.717) is 11.6 Å². The maximum Gasteiger partial charge on any atom is 0.274 e. The molecule has 2 aromatic carbocycles. The highest BCUT2D eigenvalue weighted by Gasteiger charge is 2.13. The van der Waals surface area contributed by atoms with Crippen molar-refractivity contribution in [2.24, 2.45) is 0 Å². The molecule has 132 valence electrons. The molecule has 0 fully saturated rings. The van der Waals surface area contributed by atoms with Gasteiger partial charge in [-0.25, -0.2) is 9.97 Å². The number of nitrogens with one attached hydrogen (secondary N) is 2. The average Bonchev–Trinajstić information content (AvgIpc) is 2.64. The molecule has 0 aliphatic rings. The monoisotopic (exact) mass is 346 g/mol. The Morgan fingerprint density at radius 3 is 2.35 bits per heavy atom. The number of hydrogen-bond acceptors (Lipinski definition) is 4. The number of carbonyl (C=O) groups is 1. The van der Waals surface area contributed by atoms with Crippen LogP contribution >= 0.6 is 0 Å². The van der Waals surface area contributed by atoms with E-state index in [-0.39, 0.29) is 11.9 Å². The minimum absolute atomic E-state index is 0.0333. The van der Waals surface area contributed by atoms with Crippen LogP contribution in [0.15, 0.2) is 60.7 Å². The first-order valence-corrected chi connectivity index (χ1v) is 8.56. The van der Waals surface area contributed by atoms with Crippen molar-refractivity contribution in [3.63, 3.8) is 0 Å². The van der Waals surface area contributed by atoms with Gasteiger partial charge in [-0.2, -0.15) is 0 Å². The maximum atomic E-state index is 12.5. The zero-order valence-corrected chi connectivity index (χ0v) is 15.2. The summed E-state index contributed by atoms with van der Waals surface area (Å²) in [6.07, 6.45) is 0. The zero-order valence-electron chi connectivity index (χ0n) is 15.2. The van der Waals surface area contributed by atoms with Gasteiger partial charge in [-0.3, -0.25) is 4.79 Å². The fourth-order valence-corrected chi connectivity index (χ4v) is 2.60. The third-order valence-electron chi connectivity index (χ3n) is 4.04. The molecule has 1 unspecified atom stereocenters. The number of rotatable bonds is 5. The summed E-state index contributed by atoms with van der Waals surface area (Å²) in [5.74, 6) is 0.185. The molecule has 26 heavy (non-hydrogen) atoms. The van der Waals surface area contributed by atoms with Gasteiger partial charge in [0.25, 0.3) is 5.91 Å². The van der Waals surface area contributed by atoms with Gasteiger partial charge in [0.2, 0.25) is 5.95 Å². The predicted octanol–water partition coefficient (Wildman–Crippen LogP) is 4.52. The molecule has 0 saturated heterocycles. The first-order chi connectivity index (χ1) is 12.5. The van der Waals surface area contributed by atoms with E-state index in [1.807, 2.05) is 75.4 Å². The number of hydrogen-bond donors (Lipinski definition) is 2. The molecule has 0 aliphatic carbocycles. The molecule has 1 amide bonds. The standard InChI is InChI=1S/C21H22N4O/c1-14-9-11-18(12-10-14)24-20(26)19-13-15(2)22-21(25-19)23-16(3)17-7-5-4-6-8-17/h4-13,16H,1-3H3,(H,24,26)(H,22,23,25). The van der Waals surface area contributed by atoms with Crippen LogP contribution in [0.4, 0.5) is 11.6 Å². The highest BCUT2D eigenvalue weighted by atomic mass is 16.1. The largest absolute Gasteiger partial charge is 0.348 e. The molecule has 1 aromatic heterocycles. The third-order valence-corrected chi connectivity index (χ3v) is 4.04. The summed E-state index contributed by atoms with van der Waals surface area (Å²) < 4.78 is 0. The van der Waals surface area contributed by atoms with Crippen LogP contribution in [0.2, 0.25) is 0 Å². The van der Waals surface area contributed by atoms with Crippen LogP contribution in [0, 0.1) is 13.8 Å². The molecule has 1 heterocycles. The van der Waals surface area contributed by atoms with E-state index < -0.39 is 0 Å². The van der Waals surface area contributed by atoms with Gasteiger partial charge < -0.3 is 10.6 Å². The molecule has 5 nitrogen and oxygen atoms in total. The quantitative estimate of drug-likeness (QED) is 0.713. The number of amides is 1. The van der Waals surface area contributed by atoms with Crippen LogP contribution in [0.5, 0.6) is 0 Å². The minimum atomic E-state index is -0.255. The zero-order chi connectivity index (χ0) is 18.5. The third kappa shape index (κ3) is 4.45. The molecule has 0 spiro atoms. The van der Waals surface area contributed by atoms with Crippen LogP contribution in [-0.2, 0) is 0 Å². The molecule has 0 radical (unpaired) electrons. The van der Waals surface area contributed by atoms with Gasteiger partial charge >= 0.3 is 0 Å². The summed E-state index contributed by atoms with van der Waals surface area (Å²) in [5.41, 5.74) is 4.08. The van der Waals surface area contributed by atoms with Crippen molar-refractivity contribution in [2.75, 3.05) is 10.6 Å². The summed E-state index contributed by atoms with van der Waals surface area (Å²) in [5, 5.41) is 6.13. The van der Waals surface area contributed by atoms with E-state index in [2.05, 4.69) is 20.6 Å². The molecular formula is C21H22N4O. The Balaban J connectivity index is 1.76. The summed E-state index contributed by atoms with van der Waals surface area (Å²) in [4.78, 5) is 21.3. The number of aromatic nitrogens is 2. The van der Waals surface area contributed by atoms with Crippen molar-refractivity contribution >= 4 is 17.5 Å². The second kappa shape index (κ2) is 7.78. The fraction of sp³-hybridized carbons (Fsp3) is 0.190. The number of aryl methyl sites for hydroxylation is 2. The van der Waals surface area contributed by atoms with Crippen molar-refractivity contribution in [3.8, 4) is 0 Å². The van der Waals surface area contributed by atoms with E-state index in [9.17, 15) is 4.79 Å². The highest BCUT2D eigenvalue weighted by molar-refractivity contribution is 6.03. The minimum Gasteiger partial charge on any atom is -0.348 e. The van der Waals surface area contributed by atoms with E-state index in [0.717, 1.165) is 22.5 Å². The molecule has 0 aliphatic heterocycles. The van der Waals surface area contributed by atoms with Gasteiger partial charge in [-0.05, 0) is 44.5 Å². The number of benzene rings is 2. The Hall–Kier alpha value is -3.21. The van der Waals surface area contributed by atoms with Crippen molar-refractivity contribution in [1.29, 1.82) is 0 Å². The lowest BCUT2D eigenvalue weighted by Crippen LogP contribution is -2.17. The Morgan fingerprint density at radius 1 is 0.962 bits per heavy atom. The Kier molecular flexibility index (Phi) is 5.27. The van der Waals surface area contributed by atoms with Crippen molar-refractivity contribution in [3.05, 3.63) is 83.2 Å². The SMILES string of the molecule is Cc1ccc(NC(=O)c2cc(C)nc(NC(C)c3ccccc3)n2)cc1. The number of nitrogens with zero attached hydrogens (tertiary/aromatic N) is 2. The molecular weight excluding hydrogens is 324 g/mol. The van der Waals surface area contributed by atoms with Crippen molar-refractivity contribution in [1.82, 2.24) is 9.97 Å². The maximum absolute atomic E-state index is 12.5. The van der Waals surface area contributed by atoms with E-state index >= 15 is 0 Å². The lowest BCUT2D eigenvalue weighted by molar-refractivity contribution is 0.102. The first-order valence-electron chi connectivity index (χ1n) is 8.56. The number of carbonyl (C=O) groups excluding carboxylic acids is 1. The predicted molar refractivity (Wildman–Crippen MR) is 104 cm³/mol. The van der Waals surface area contributed by atoms with Gasteiger partial charge in [-0.15, -0.1) is 0 Å². The fourth-order valence-electron chi connectivity index (χ4n) is 2.60. The lowest BCUT2D eigenvalue weighted by Gasteiger charge is -2.15. The van der Waals surface area contributed by atoms with Crippen LogP contribution < -0.4 is 10.6 Å². The topological polar surface area (TPSA) is 66.9 Å². The Morgan fingerprint density at radius 2 is 1.65 bits per heavy atom. The Labute approximate surface area is 153 Å². The molecule has 3 rings (SSSR count). The van der Waals surface area contributed by atoms with Gasteiger partial charge in [-0.1, -0.05) is 48.0 Å². The van der Waals surface area contributed by atoms with Gasteiger partial charge in [0.05, 0.1) is 6.04 Å². The second-order valence-corrected chi connectivity index (χ2v) is 6.32. The smallest absolute Gasteiger partial charge is 0.274 e.